The van der Waals surface area contributed by atoms with E-state index in [1.807, 2.05) is 65.3 Å². The van der Waals surface area contributed by atoms with E-state index < -0.39 is 0 Å². The summed E-state index contributed by atoms with van der Waals surface area (Å²) in [4.78, 5) is 0. The third-order valence-electron chi connectivity index (χ3n) is 5.14. The molecule has 0 fully saturated rings. The Kier molecular flexibility index (Phi) is 4.40. The monoisotopic (exact) mass is 396 g/mol. The summed E-state index contributed by atoms with van der Waals surface area (Å²) in [6.45, 7) is 0.595. The summed E-state index contributed by atoms with van der Waals surface area (Å²) in [5.41, 5.74) is 11.5. The van der Waals surface area contributed by atoms with Crippen LogP contribution in [0, 0.1) is 0 Å². The van der Waals surface area contributed by atoms with Crippen LogP contribution in [0.5, 0.6) is 5.75 Å². The number of H-pyrrole nitrogens is 1. The third kappa shape index (κ3) is 3.06. The Morgan fingerprint density at radius 1 is 1.00 bits per heavy atom. The molecule has 30 heavy (non-hydrogen) atoms. The van der Waals surface area contributed by atoms with Crippen LogP contribution in [0.2, 0.25) is 0 Å². The van der Waals surface area contributed by atoms with Gasteiger partial charge in [0.05, 0.1) is 19.2 Å². The van der Waals surface area contributed by atoms with E-state index >= 15 is 0 Å². The Morgan fingerprint density at radius 2 is 1.80 bits per heavy atom. The van der Waals surface area contributed by atoms with Crippen LogP contribution < -0.4 is 10.5 Å². The number of nitrogens with two attached hydrogens (primary N) is 1. The number of rotatable bonds is 5. The van der Waals surface area contributed by atoms with Crippen molar-refractivity contribution in [2.45, 2.75) is 6.54 Å². The van der Waals surface area contributed by atoms with Gasteiger partial charge in [-0.15, -0.1) is 5.10 Å². The highest BCUT2D eigenvalue weighted by Gasteiger charge is 2.20. The van der Waals surface area contributed by atoms with Crippen molar-refractivity contribution in [2.24, 2.45) is 0 Å². The Hall–Kier alpha value is -4.13. The topological polar surface area (TPSA) is 94.6 Å². The lowest BCUT2D eigenvalue weighted by Crippen LogP contribution is -2.05. The van der Waals surface area contributed by atoms with Crippen LogP contribution in [-0.4, -0.2) is 32.3 Å². The normalized spacial score (nSPS) is 11.1. The number of anilines is 1. The molecule has 2 heterocycles. The number of aromatic nitrogens is 5. The molecular formula is C23H20N6O. The second-order valence-corrected chi connectivity index (χ2v) is 7.00. The van der Waals surface area contributed by atoms with Crippen molar-refractivity contribution in [3.8, 4) is 28.3 Å². The smallest absolute Gasteiger partial charge is 0.153 e. The first kappa shape index (κ1) is 17.9. The quantitative estimate of drug-likeness (QED) is 0.466. The van der Waals surface area contributed by atoms with Crippen LogP contribution in [-0.2, 0) is 6.54 Å². The highest BCUT2D eigenvalue weighted by Crippen LogP contribution is 2.37. The molecule has 0 unspecified atom stereocenters. The highest BCUT2D eigenvalue weighted by molar-refractivity contribution is 5.93. The summed E-state index contributed by atoms with van der Waals surface area (Å²) in [7, 11) is 1.67. The maximum Gasteiger partial charge on any atom is 0.153 e. The summed E-state index contributed by atoms with van der Waals surface area (Å²) < 4.78 is 7.55. The SMILES string of the molecule is COc1ccccc1-c1c(-c2ccc3[nH]nc(N)c3c2)nnn1Cc1ccccc1. The minimum atomic E-state index is 0.461. The zero-order valence-corrected chi connectivity index (χ0v) is 16.4. The van der Waals surface area contributed by atoms with Crippen molar-refractivity contribution in [3.05, 3.63) is 78.4 Å². The van der Waals surface area contributed by atoms with Crippen LogP contribution >= 0.6 is 0 Å². The van der Waals surface area contributed by atoms with Crippen molar-refractivity contribution < 1.29 is 4.74 Å². The van der Waals surface area contributed by atoms with E-state index in [0.717, 1.165) is 44.7 Å². The fourth-order valence-corrected chi connectivity index (χ4v) is 3.66. The maximum absolute atomic E-state index is 6.02. The molecule has 3 N–H and O–H groups in total. The number of nitrogen functional groups attached to an aromatic ring is 1. The lowest BCUT2D eigenvalue weighted by Gasteiger charge is -2.12. The zero-order chi connectivity index (χ0) is 20.5. The number of benzene rings is 3. The van der Waals surface area contributed by atoms with Crippen molar-refractivity contribution in [1.29, 1.82) is 0 Å². The fraction of sp³-hybridized carbons (Fsp3) is 0.0870. The van der Waals surface area contributed by atoms with Crippen molar-refractivity contribution in [3.63, 3.8) is 0 Å². The van der Waals surface area contributed by atoms with Gasteiger partial charge < -0.3 is 10.5 Å². The Bertz CT molecular complexity index is 1320. The highest BCUT2D eigenvalue weighted by atomic mass is 16.5. The Balaban J connectivity index is 1.71. The van der Waals surface area contributed by atoms with E-state index in [9.17, 15) is 0 Å². The number of para-hydroxylation sites is 1. The van der Waals surface area contributed by atoms with Crippen molar-refractivity contribution in [2.75, 3.05) is 12.8 Å². The van der Waals surface area contributed by atoms with Gasteiger partial charge in [0.25, 0.3) is 0 Å². The molecule has 0 atom stereocenters. The maximum atomic E-state index is 6.02. The number of methoxy groups -OCH3 is 1. The van der Waals surface area contributed by atoms with E-state index in [2.05, 4.69) is 32.6 Å². The molecule has 0 aliphatic carbocycles. The van der Waals surface area contributed by atoms with Gasteiger partial charge in [-0.3, -0.25) is 5.10 Å². The average molecular weight is 396 g/mol. The molecule has 5 rings (SSSR count). The molecule has 0 aliphatic heterocycles. The van der Waals surface area contributed by atoms with E-state index in [1.165, 1.54) is 0 Å². The fourth-order valence-electron chi connectivity index (χ4n) is 3.66. The van der Waals surface area contributed by atoms with Crippen molar-refractivity contribution in [1.82, 2.24) is 25.2 Å². The van der Waals surface area contributed by atoms with Crippen LogP contribution in [0.25, 0.3) is 33.4 Å². The van der Waals surface area contributed by atoms with Gasteiger partial charge >= 0.3 is 0 Å². The largest absolute Gasteiger partial charge is 0.496 e. The standard InChI is InChI=1S/C23H20N6O/c1-30-20-10-6-5-9-17(20)22-21(16-11-12-19-18(13-16)23(24)27-25-19)26-28-29(22)14-15-7-3-2-4-8-15/h2-13H,14H2,1H3,(H3,24,25,27). The second kappa shape index (κ2) is 7.36. The van der Waals surface area contributed by atoms with Gasteiger partial charge in [-0.2, -0.15) is 5.10 Å². The predicted molar refractivity (Wildman–Crippen MR) is 117 cm³/mol. The average Bonchev–Trinajstić information content (AvgIpc) is 3.37. The van der Waals surface area contributed by atoms with Crippen LogP contribution in [0.15, 0.2) is 72.8 Å². The van der Waals surface area contributed by atoms with E-state index in [0.29, 0.717) is 12.4 Å². The van der Waals surface area contributed by atoms with Gasteiger partial charge in [0.2, 0.25) is 0 Å². The first-order chi connectivity index (χ1) is 14.7. The Labute approximate surface area is 173 Å². The molecule has 148 valence electrons. The molecule has 2 aromatic heterocycles. The zero-order valence-electron chi connectivity index (χ0n) is 16.4. The molecule has 0 bridgehead atoms. The molecule has 0 saturated carbocycles. The van der Waals surface area contributed by atoms with Gasteiger partial charge in [-0.1, -0.05) is 53.7 Å². The van der Waals surface area contributed by atoms with Gasteiger partial charge in [0.15, 0.2) is 5.82 Å². The molecule has 0 spiro atoms. The molecular weight excluding hydrogens is 376 g/mol. The van der Waals surface area contributed by atoms with Gasteiger partial charge in [-0.05, 0) is 29.8 Å². The molecule has 5 aromatic rings. The molecule has 7 heteroatoms. The Morgan fingerprint density at radius 3 is 2.63 bits per heavy atom. The molecule has 0 aliphatic rings. The first-order valence-electron chi connectivity index (χ1n) is 9.59. The van der Waals surface area contributed by atoms with E-state index in [-0.39, 0.29) is 0 Å². The van der Waals surface area contributed by atoms with Gasteiger partial charge in [0.1, 0.15) is 17.1 Å². The van der Waals surface area contributed by atoms with Crippen LogP contribution in [0.1, 0.15) is 5.56 Å². The summed E-state index contributed by atoms with van der Waals surface area (Å²) in [6.07, 6.45) is 0. The molecule has 3 aromatic carbocycles. The summed E-state index contributed by atoms with van der Waals surface area (Å²) in [5.74, 6) is 1.22. The van der Waals surface area contributed by atoms with E-state index in [4.69, 9.17) is 10.5 Å². The second-order valence-electron chi connectivity index (χ2n) is 7.00. The number of hydrogen-bond acceptors (Lipinski definition) is 5. The van der Waals surface area contributed by atoms with Crippen molar-refractivity contribution >= 4 is 16.7 Å². The minimum Gasteiger partial charge on any atom is -0.496 e. The lowest BCUT2D eigenvalue weighted by molar-refractivity contribution is 0.416. The first-order valence-corrected chi connectivity index (χ1v) is 9.59. The minimum absolute atomic E-state index is 0.461. The lowest BCUT2D eigenvalue weighted by atomic mass is 10.0. The number of aromatic amines is 1. The summed E-state index contributed by atoms with van der Waals surface area (Å²) >= 11 is 0. The van der Waals surface area contributed by atoms with Crippen LogP contribution in [0.3, 0.4) is 0 Å². The van der Waals surface area contributed by atoms with Gasteiger partial charge in [0, 0.05) is 16.5 Å². The van der Waals surface area contributed by atoms with Gasteiger partial charge in [-0.25, -0.2) is 4.68 Å². The number of nitrogens with one attached hydrogen (secondary N) is 1. The number of nitrogens with zero attached hydrogens (tertiary/aromatic N) is 4. The number of ether oxygens (including phenoxy) is 1. The van der Waals surface area contributed by atoms with E-state index in [1.54, 1.807) is 7.11 Å². The molecule has 7 nitrogen and oxygen atoms in total. The predicted octanol–water partition coefficient (Wildman–Crippen LogP) is 4.13. The summed E-state index contributed by atoms with van der Waals surface area (Å²) in [6, 6.07) is 24.0. The molecule has 0 amide bonds. The molecule has 0 radical (unpaired) electrons. The number of hydrogen-bond donors (Lipinski definition) is 2. The molecule has 0 saturated heterocycles. The number of fused-ring (bicyclic) bond motifs is 1. The van der Waals surface area contributed by atoms with Crippen LogP contribution in [0.4, 0.5) is 5.82 Å². The third-order valence-corrected chi connectivity index (χ3v) is 5.14. The summed E-state index contributed by atoms with van der Waals surface area (Å²) in [5, 5.41) is 16.9.